The van der Waals surface area contributed by atoms with Gasteiger partial charge in [0.25, 0.3) is 0 Å². The van der Waals surface area contributed by atoms with E-state index < -0.39 is 5.97 Å². The number of aryl methyl sites for hydroxylation is 2. The summed E-state index contributed by atoms with van der Waals surface area (Å²) in [6.45, 7) is 5.13. The Morgan fingerprint density at radius 2 is 2.29 bits per heavy atom. The van der Waals surface area contributed by atoms with Gasteiger partial charge in [0.05, 0.1) is 35.3 Å². The molecule has 1 atom stereocenters. The molecule has 1 aliphatic heterocycles. The Morgan fingerprint density at radius 3 is 2.86 bits per heavy atom. The van der Waals surface area contributed by atoms with Gasteiger partial charge in [0.15, 0.2) is 5.69 Å². The van der Waals surface area contributed by atoms with E-state index in [4.69, 9.17) is 9.47 Å². The van der Waals surface area contributed by atoms with Crippen molar-refractivity contribution in [3.05, 3.63) is 16.4 Å². The number of ether oxygens (including phenoxy) is 2. The Labute approximate surface area is 125 Å². The van der Waals surface area contributed by atoms with Crippen LogP contribution in [0.3, 0.4) is 0 Å². The van der Waals surface area contributed by atoms with Crippen molar-refractivity contribution in [1.82, 2.24) is 20.0 Å². The Hall–Kier alpha value is -1.80. The van der Waals surface area contributed by atoms with Gasteiger partial charge in [-0.05, 0) is 20.3 Å². The second-order valence-corrected chi connectivity index (χ2v) is 6.09. The number of carbonyl (C=O) groups is 1. The average Bonchev–Trinajstić information content (AvgIpc) is 3.16. The van der Waals surface area contributed by atoms with Crippen LogP contribution in [-0.4, -0.2) is 46.3 Å². The second-order valence-electron chi connectivity index (χ2n) is 4.89. The normalized spacial score (nSPS) is 18.1. The van der Waals surface area contributed by atoms with Crippen LogP contribution in [0.5, 0.6) is 0 Å². The summed E-state index contributed by atoms with van der Waals surface area (Å²) >= 11 is 1.53. The van der Waals surface area contributed by atoms with Crippen molar-refractivity contribution in [2.24, 2.45) is 0 Å². The zero-order valence-corrected chi connectivity index (χ0v) is 12.9. The molecule has 8 heteroatoms. The Kier molecular flexibility index (Phi) is 3.73. The van der Waals surface area contributed by atoms with E-state index in [1.807, 2.05) is 13.8 Å². The van der Waals surface area contributed by atoms with E-state index in [-0.39, 0.29) is 11.7 Å². The summed E-state index contributed by atoms with van der Waals surface area (Å²) < 4.78 is 12.0. The largest absolute Gasteiger partial charge is 0.464 e. The second kappa shape index (κ2) is 5.53. The van der Waals surface area contributed by atoms with Crippen molar-refractivity contribution in [3.8, 4) is 10.6 Å². The maximum absolute atomic E-state index is 12.0. The maximum atomic E-state index is 12.0. The van der Waals surface area contributed by atoms with E-state index in [0.29, 0.717) is 18.9 Å². The maximum Gasteiger partial charge on any atom is 0.360 e. The summed E-state index contributed by atoms with van der Waals surface area (Å²) in [6.07, 6.45) is 0.855. The van der Waals surface area contributed by atoms with Crippen molar-refractivity contribution in [3.63, 3.8) is 0 Å². The molecule has 3 rings (SSSR count). The van der Waals surface area contributed by atoms with E-state index in [9.17, 15) is 4.79 Å². The number of nitrogens with zero attached hydrogens (tertiary/aromatic N) is 4. The summed E-state index contributed by atoms with van der Waals surface area (Å²) in [5.41, 5.74) is 1.78. The van der Waals surface area contributed by atoms with Crippen molar-refractivity contribution >= 4 is 17.3 Å². The third-order valence-electron chi connectivity index (χ3n) is 3.44. The van der Waals surface area contributed by atoms with Gasteiger partial charge in [-0.1, -0.05) is 5.21 Å². The zero-order valence-electron chi connectivity index (χ0n) is 12.1. The molecular weight excluding hydrogens is 292 g/mol. The average molecular weight is 308 g/mol. The lowest BCUT2D eigenvalue weighted by atomic mass is 10.2. The van der Waals surface area contributed by atoms with Crippen LogP contribution >= 0.6 is 11.3 Å². The standard InChI is InChI=1S/C13H16N4O3S/c1-7-12(21-8(2)14-7)11-10(13(18)19-3)15-16-17(11)9-4-5-20-6-9/h9H,4-6H2,1-3H3. The highest BCUT2D eigenvalue weighted by Gasteiger charge is 2.30. The van der Waals surface area contributed by atoms with Crippen LogP contribution in [-0.2, 0) is 9.47 Å². The topological polar surface area (TPSA) is 79.1 Å². The van der Waals surface area contributed by atoms with E-state index >= 15 is 0 Å². The van der Waals surface area contributed by atoms with E-state index in [1.165, 1.54) is 18.4 Å². The number of aromatic nitrogens is 4. The van der Waals surface area contributed by atoms with Crippen LogP contribution in [0.1, 0.15) is 33.7 Å². The molecule has 0 amide bonds. The fourth-order valence-electron chi connectivity index (χ4n) is 2.46. The smallest absolute Gasteiger partial charge is 0.360 e. The predicted octanol–water partition coefficient (Wildman–Crippen LogP) is 1.77. The molecule has 2 aromatic heterocycles. The molecule has 3 heterocycles. The SMILES string of the molecule is COC(=O)c1nnn(C2CCOC2)c1-c1sc(C)nc1C. The summed E-state index contributed by atoms with van der Waals surface area (Å²) in [5.74, 6) is -0.486. The molecule has 0 spiro atoms. The zero-order chi connectivity index (χ0) is 15.0. The number of hydrogen-bond donors (Lipinski definition) is 0. The van der Waals surface area contributed by atoms with Crippen molar-refractivity contribution in [2.75, 3.05) is 20.3 Å². The summed E-state index contributed by atoms with van der Waals surface area (Å²) in [4.78, 5) is 17.3. The van der Waals surface area contributed by atoms with Gasteiger partial charge in [0, 0.05) is 6.61 Å². The molecule has 0 aromatic carbocycles. The summed E-state index contributed by atoms with van der Waals surface area (Å²) in [7, 11) is 1.34. The van der Waals surface area contributed by atoms with Gasteiger partial charge < -0.3 is 9.47 Å². The van der Waals surface area contributed by atoms with E-state index in [2.05, 4.69) is 15.3 Å². The van der Waals surface area contributed by atoms with Gasteiger partial charge in [-0.3, -0.25) is 0 Å². The number of esters is 1. The molecule has 0 aliphatic carbocycles. The number of hydrogen-bond acceptors (Lipinski definition) is 7. The molecule has 1 saturated heterocycles. The first-order chi connectivity index (χ1) is 10.1. The van der Waals surface area contributed by atoms with Crippen LogP contribution in [0.2, 0.25) is 0 Å². The third kappa shape index (κ3) is 2.44. The molecule has 7 nitrogen and oxygen atoms in total. The molecule has 112 valence electrons. The molecule has 21 heavy (non-hydrogen) atoms. The molecular formula is C13H16N4O3S. The first-order valence-electron chi connectivity index (χ1n) is 6.67. The Morgan fingerprint density at radius 1 is 1.48 bits per heavy atom. The van der Waals surface area contributed by atoms with Crippen LogP contribution in [0, 0.1) is 13.8 Å². The summed E-state index contributed by atoms with van der Waals surface area (Å²) in [5, 5.41) is 9.12. The molecule has 1 unspecified atom stereocenters. The van der Waals surface area contributed by atoms with Gasteiger partial charge in [-0.25, -0.2) is 14.5 Å². The molecule has 0 saturated carbocycles. The van der Waals surface area contributed by atoms with Gasteiger partial charge in [-0.2, -0.15) is 0 Å². The monoisotopic (exact) mass is 308 g/mol. The molecule has 0 bridgehead atoms. The molecule has 0 radical (unpaired) electrons. The minimum absolute atomic E-state index is 0.0905. The minimum atomic E-state index is -0.486. The van der Waals surface area contributed by atoms with Crippen molar-refractivity contribution in [1.29, 1.82) is 0 Å². The fraction of sp³-hybridized carbons (Fsp3) is 0.538. The lowest BCUT2D eigenvalue weighted by Crippen LogP contribution is -2.13. The number of methoxy groups -OCH3 is 1. The summed E-state index contributed by atoms with van der Waals surface area (Å²) in [6, 6.07) is 0.0905. The molecule has 2 aromatic rings. The van der Waals surface area contributed by atoms with Gasteiger partial charge >= 0.3 is 5.97 Å². The molecule has 1 fully saturated rings. The van der Waals surface area contributed by atoms with E-state index in [0.717, 1.165) is 22.0 Å². The van der Waals surface area contributed by atoms with Crippen LogP contribution in [0.15, 0.2) is 0 Å². The van der Waals surface area contributed by atoms with Gasteiger partial charge in [0.2, 0.25) is 0 Å². The Balaban J connectivity index is 2.16. The van der Waals surface area contributed by atoms with Gasteiger partial charge in [0.1, 0.15) is 5.69 Å². The lowest BCUT2D eigenvalue weighted by molar-refractivity contribution is 0.0595. The van der Waals surface area contributed by atoms with Crippen LogP contribution < -0.4 is 0 Å². The highest BCUT2D eigenvalue weighted by molar-refractivity contribution is 7.15. The Bertz CT molecular complexity index is 673. The first-order valence-corrected chi connectivity index (χ1v) is 7.49. The van der Waals surface area contributed by atoms with Crippen molar-refractivity contribution < 1.29 is 14.3 Å². The molecule has 1 aliphatic rings. The highest BCUT2D eigenvalue weighted by atomic mass is 32.1. The van der Waals surface area contributed by atoms with Crippen LogP contribution in [0.25, 0.3) is 10.6 Å². The quantitative estimate of drug-likeness (QED) is 0.804. The number of thiazole rings is 1. The molecule has 0 N–H and O–H groups in total. The fourth-order valence-corrected chi connectivity index (χ4v) is 3.42. The highest BCUT2D eigenvalue weighted by Crippen LogP contribution is 2.34. The van der Waals surface area contributed by atoms with Crippen molar-refractivity contribution in [2.45, 2.75) is 26.3 Å². The predicted molar refractivity (Wildman–Crippen MR) is 76.4 cm³/mol. The minimum Gasteiger partial charge on any atom is -0.464 e. The number of rotatable bonds is 3. The third-order valence-corrected chi connectivity index (χ3v) is 4.52. The van der Waals surface area contributed by atoms with Crippen LogP contribution in [0.4, 0.5) is 0 Å². The van der Waals surface area contributed by atoms with Gasteiger partial charge in [-0.15, -0.1) is 16.4 Å². The lowest BCUT2D eigenvalue weighted by Gasteiger charge is -2.11. The number of carbonyl (C=O) groups excluding carboxylic acids is 1. The first kappa shape index (κ1) is 14.2. The van der Waals surface area contributed by atoms with E-state index in [1.54, 1.807) is 4.68 Å².